The second-order valence-electron chi connectivity index (χ2n) is 7.01. The van der Waals surface area contributed by atoms with Crippen molar-refractivity contribution in [3.63, 3.8) is 0 Å². The number of carbonyl (C=O) groups excluding carboxylic acids is 1. The van der Waals surface area contributed by atoms with Crippen LogP contribution >= 0.6 is 23.2 Å². The van der Waals surface area contributed by atoms with Crippen LogP contribution in [0.4, 0.5) is 13.2 Å². The normalized spacial score (nSPS) is 19.4. The highest BCUT2D eigenvalue weighted by Gasteiger charge is 2.33. The lowest BCUT2D eigenvalue weighted by Crippen LogP contribution is -2.36. The highest BCUT2D eigenvalue weighted by atomic mass is 35.5. The summed E-state index contributed by atoms with van der Waals surface area (Å²) in [7, 11) is 0. The average Bonchev–Trinajstić information content (AvgIpc) is 2.97. The van der Waals surface area contributed by atoms with Crippen molar-refractivity contribution >= 4 is 29.1 Å². The van der Waals surface area contributed by atoms with E-state index in [-0.39, 0.29) is 21.7 Å². The zero-order chi connectivity index (χ0) is 20.6. The monoisotopic (exact) mass is 425 g/mol. The van der Waals surface area contributed by atoms with Crippen LogP contribution in [0.2, 0.25) is 10.0 Å². The highest BCUT2D eigenvalue weighted by molar-refractivity contribution is 6.39. The summed E-state index contributed by atoms with van der Waals surface area (Å²) < 4.78 is 37.9. The van der Waals surface area contributed by atoms with E-state index >= 15 is 0 Å². The molecule has 1 aromatic carbocycles. The minimum Gasteiger partial charge on any atom is -0.349 e. The van der Waals surface area contributed by atoms with Crippen LogP contribution in [0.3, 0.4) is 0 Å². The largest absolute Gasteiger partial charge is 0.416 e. The first-order valence-electron chi connectivity index (χ1n) is 9.48. The molecule has 2 rings (SSSR count). The molecule has 1 saturated carbocycles. The molecule has 0 bridgehead atoms. The van der Waals surface area contributed by atoms with Crippen LogP contribution in [0.1, 0.15) is 81.6 Å². The number of hydrogen-bond acceptors (Lipinski definition) is 1. The summed E-state index contributed by atoms with van der Waals surface area (Å²) in [4.78, 5) is 12.2. The predicted molar refractivity (Wildman–Crippen MR) is 106 cm³/mol. The first-order valence-corrected chi connectivity index (χ1v) is 10.2. The van der Waals surface area contributed by atoms with E-state index in [9.17, 15) is 18.0 Å². The Hall–Kier alpha value is -0.940. The Bertz CT molecular complexity index is 593. The Balaban J connectivity index is 0.000000527. The Morgan fingerprint density at radius 1 is 1.11 bits per heavy atom. The summed E-state index contributed by atoms with van der Waals surface area (Å²) in [6.45, 7) is 6.49. The van der Waals surface area contributed by atoms with Gasteiger partial charge in [-0.15, -0.1) is 0 Å². The van der Waals surface area contributed by atoms with Gasteiger partial charge in [0.25, 0.3) is 5.91 Å². The SMILES string of the molecule is CCCCCC.C[C@@H]1CCCC1NC(=O)c1c(Cl)cc(C(F)(F)F)cc1Cl. The second kappa shape index (κ2) is 11.2. The van der Waals surface area contributed by atoms with E-state index in [1.165, 1.54) is 25.7 Å². The Morgan fingerprint density at radius 3 is 2.00 bits per heavy atom. The van der Waals surface area contributed by atoms with Crippen molar-refractivity contribution in [2.24, 2.45) is 5.92 Å². The first kappa shape index (κ1) is 24.1. The molecular formula is C20H28Cl2F3NO. The number of amides is 1. The summed E-state index contributed by atoms with van der Waals surface area (Å²) in [6, 6.07) is 1.45. The topological polar surface area (TPSA) is 29.1 Å². The third-order valence-electron chi connectivity index (χ3n) is 4.73. The minimum atomic E-state index is -4.55. The van der Waals surface area contributed by atoms with E-state index in [4.69, 9.17) is 23.2 Å². The van der Waals surface area contributed by atoms with Crippen molar-refractivity contribution in [3.8, 4) is 0 Å². The molecular weight excluding hydrogens is 398 g/mol. The summed E-state index contributed by atoms with van der Waals surface area (Å²) >= 11 is 11.6. The fourth-order valence-corrected chi connectivity index (χ4v) is 3.71. The molecule has 1 amide bonds. The fourth-order valence-electron chi connectivity index (χ4n) is 3.05. The number of unbranched alkanes of at least 4 members (excludes halogenated alkanes) is 3. The summed E-state index contributed by atoms with van der Waals surface area (Å²) in [5.74, 6) is -0.196. The molecule has 1 aliphatic rings. The van der Waals surface area contributed by atoms with Crippen LogP contribution < -0.4 is 5.32 Å². The molecule has 1 unspecified atom stereocenters. The molecule has 2 atom stereocenters. The Labute approximate surface area is 169 Å². The van der Waals surface area contributed by atoms with E-state index in [1.54, 1.807) is 0 Å². The van der Waals surface area contributed by atoms with Gasteiger partial charge in [-0.05, 0) is 30.9 Å². The second-order valence-corrected chi connectivity index (χ2v) is 7.82. The van der Waals surface area contributed by atoms with Gasteiger partial charge in [0.05, 0.1) is 21.2 Å². The summed E-state index contributed by atoms with van der Waals surface area (Å²) in [5.41, 5.74) is -1.08. The van der Waals surface area contributed by atoms with Crippen molar-refractivity contribution in [1.82, 2.24) is 5.32 Å². The van der Waals surface area contributed by atoms with Crippen molar-refractivity contribution in [1.29, 1.82) is 0 Å². The van der Waals surface area contributed by atoms with Gasteiger partial charge in [0, 0.05) is 6.04 Å². The number of alkyl halides is 3. The number of nitrogens with one attached hydrogen (secondary N) is 1. The van der Waals surface area contributed by atoms with Crippen molar-refractivity contribution < 1.29 is 18.0 Å². The molecule has 1 aliphatic carbocycles. The maximum absolute atomic E-state index is 12.6. The molecule has 1 aromatic rings. The predicted octanol–water partition coefficient (Wildman–Crippen LogP) is 7.52. The third kappa shape index (κ3) is 7.53. The number of hydrogen-bond donors (Lipinski definition) is 1. The molecule has 0 heterocycles. The fraction of sp³-hybridized carbons (Fsp3) is 0.650. The van der Waals surface area contributed by atoms with E-state index in [1.807, 2.05) is 6.92 Å². The standard InChI is InChI=1S/C14H14Cl2F3NO.C6H14/c1-7-3-2-4-11(7)20-13(21)12-9(15)5-8(6-10(12)16)14(17,18)19;1-3-5-6-4-2/h5-7,11H,2-4H2,1H3,(H,20,21);3-6H2,1-2H3/t7-,11?;/m1./s1. The van der Waals surface area contributed by atoms with Crippen LogP contribution in [0.5, 0.6) is 0 Å². The van der Waals surface area contributed by atoms with Gasteiger partial charge in [-0.25, -0.2) is 0 Å². The molecule has 7 heteroatoms. The lowest BCUT2D eigenvalue weighted by molar-refractivity contribution is -0.137. The van der Waals surface area contributed by atoms with E-state index < -0.39 is 17.6 Å². The van der Waals surface area contributed by atoms with Gasteiger partial charge >= 0.3 is 6.18 Å². The van der Waals surface area contributed by atoms with Crippen molar-refractivity contribution in [2.75, 3.05) is 0 Å². The zero-order valence-electron chi connectivity index (χ0n) is 16.1. The molecule has 0 aliphatic heterocycles. The van der Waals surface area contributed by atoms with Gasteiger partial charge < -0.3 is 5.32 Å². The number of halogens is 5. The summed E-state index contributed by atoms with van der Waals surface area (Å²) in [5, 5.41) is 2.21. The molecule has 1 N–H and O–H groups in total. The van der Waals surface area contributed by atoms with Crippen LogP contribution in [-0.2, 0) is 6.18 Å². The van der Waals surface area contributed by atoms with E-state index in [0.29, 0.717) is 5.92 Å². The molecule has 27 heavy (non-hydrogen) atoms. The van der Waals surface area contributed by atoms with E-state index in [2.05, 4.69) is 19.2 Å². The average molecular weight is 426 g/mol. The Kier molecular flexibility index (Phi) is 9.96. The lowest BCUT2D eigenvalue weighted by atomic mass is 10.1. The highest BCUT2D eigenvalue weighted by Crippen LogP contribution is 2.36. The number of carbonyl (C=O) groups is 1. The van der Waals surface area contributed by atoms with Gasteiger partial charge in [0.2, 0.25) is 0 Å². The quantitative estimate of drug-likeness (QED) is 0.485. The number of benzene rings is 1. The van der Waals surface area contributed by atoms with Crippen molar-refractivity contribution in [3.05, 3.63) is 33.3 Å². The van der Waals surface area contributed by atoms with Crippen LogP contribution in [0.25, 0.3) is 0 Å². The minimum absolute atomic E-state index is 0.00641. The maximum Gasteiger partial charge on any atom is 0.416 e. The molecule has 1 fully saturated rings. The van der Waals surface area contributed by atoms with Gasteiger partial charge in [-0.2, -0.15) is 13.2 Å². The lowest BCUT2D eigenvalue weighted by Gasteiger charge is -2.19. The van der Waals surface area contributed by atoms with Crippen LogP contribution in [0, 0.1) is 5.92 Å². The molecule has 0 aromatic heterocycles. The smallest absolute Gasteiger partial charge is 0.349 e. The van der Waals surface area contributed by atoms with Gasteiger partial charge in [-0.3, -0.25) is 4.79 Å². The van der Waals surface area contributed by atoms with Crippen LogP contribution in [0.15, 0.2) is 12.1 Å². The van der Waals surface area contributed by atoms with Gasteiger partial charge in [0.15, 0.2) is 0 Å². The number of rotatable bonds is 5. The van der Waals surface area contributed by atoms with Crippen LogP contribution in [-0.4, -0.2) is 11.9 Å². The van der Waals surface area contributed by atoms with Gasteiger partial charge in [0.1, 0.15) is 0 Å². The molecule has 154 valence electrons. The third-order valence-corrected chi connectivity index (χ3v) is 5.33. The van der Waals surface area contributed by atoms with Gasteiger partial charge in [-0.1, -0.05) is 76.1 Å². The molecule has 2 nitrogen and oxygen atoms in total. The van der Waals surface area contributed by atoms with E-state index in [0.717, 1.165) is 31.4 Å². The maximum atomic E-state index is 12.6. The Morgan fingerprint density at radius 2 is 1.63 bits per heavy atom. The molecule has 0 spiro atoms. The molecule has 0 saturated heterocycles. The van der Waals surface area contributed by atoms with Crippen molar-refractivity contribution in [2.45, 2.75) is 77.9 Å². The first-order chi connectivity index (χ1) is 12.6. The molecule has 0 radical (unpaired) electrons. The zero-order valence-corrected chi connectivity index (χ0v) is 17.6. The summed E-state index contributed by atoms with van der Waals surface area (Å²) in [6.07, 6.45) is 3.86.